The molecule has 4 rings (SSSR count). The fraction of sp³-hybridized carbons (Fsp3) is 0.545. The molecule has 0 saturated carbocycles. The first-order valence-corrected chi connectivity index (χ1v) is 11.2. The molecule has 1 aromatic heterocycles. The van der Waals surface area contributed by atoms with Crippen molar-refractivity contribution in [2.75, 3.05) is 38.0 Å². The summed E-state index contributed by atoms with van der Waals surface area (Å²) in [5, 5.41) is 5.72. The van der Waals surface area contributed by atoms with E-state index in [4.69, 9.17) is 0 Å². The molecule has 150 valence electrons. The van der Waals surface area contributed by atoms with Crippen molar-refractivity contribution in [2.24, 2.45) is 0 Å². The van der Waals surface area contributed by atoms with E-state index >= 15 is 0 Å². The number of likely N-dealkylation sites (tertiary alicyclic amines) is 2. The van der Waals surface area contributed by atoms with Gasteiger partial charge in [-0.15, -0.1) is 11.3 Å². The average molecular weight is 399 g/mol. The zero-order valence-electron chi connectivity index (χ0n) is 17.1. The van der Waals surface area contributed by atoms with E-state index in [1.54, 1.807) is 0 Å². The highest BCUT2D eigenvalue weighted by Crippen LogP contribution is 2.29. The highest BCUT2D eigenvalue weighted by atomic mass is 32.1. The summed E-state index contributed by atoms with van der Waals surface area (Å²) in [5.41, 5.74) is 5.86. The molecule has 1 aromatic carbocycles. The van der Waals surface area contributed by atoms with E-state index in [0.717, 1.165) is 24.3 Å². The van der Waals surface area contributed by atoms with E-state index in [2.05, 4.69) is 53.0 Å². The molecule has 1 atom stereocenters. The first-order valence-electron chi connectivity index (χ1n) is 10.3. The maximum absolute atomic E-state index is 12.5. The Hall–Kier alpha value is -1.76. The first kappa shape index (κ1) is 19.6. The quantitative estimate of drug-likeness (QED) is 0.831. The molecule has 0 spiro atoms. The van der Waals surface area contributed by atoms with Crippen LogP contribution in [0.25, 0.3) is 11.3 Å². The third-order valence-electron chi connectivity index (χ3n) is 6.14. The van der Waals surface area contributed by atoms with Crippen molar-refractivity contribution in [2.45, 2.75) is 46.1 Å². The number of nitrogens with one attached hydrogen (secondary N) is 1. The van der Waals surface area contributed by atoms with Crippen molar-refractivity contribution >= 4 is 22.4 Å². The maximum atomic E-state index is 12.5. The molecule has 6 heteroatoms. The van der Waals surface area contributed by atoms with Gasteiger partial charge in [0.05, 0.1) is 12.2 Å². The Labute approximate surface area is 171 Å². The summed E-state index contributed by atoms with van der Waals surface area (Å²) in [6, 6.07) is 5.02. The number of benzene rings is 1. The number of amides is 1. The van der Waals surface area contributed by atoms with E-state index < -0.39 is 0 Å². The van der Waals surface area contributed by atoms with Crippen LogP contribution in [-0.4, -0.2) is 59.5 Å². The molecule has 2 aliphatic rings. The summed E-state index contributed by atoms with van der Waals surface area (Å²) in [7, 11) is 0. The van der Waals surface area contributed by atoms with Gasteiger partial charge in [0.25, 0.3) is 0 Å². The normalized spacial score (nSPS) is 20.8. The lowest BCUT2D eigenvalue weighted by Gasteiger charge is -2.23. The Morgan fingerprint density at radius 3 is 2.68 bits per heavy atom. The number of hydrogen-bond acceptors (Lipinski definition) is 5. The average Bonchev–Trinajstić information content (AvgIpc) is 3.39. The number of nitrogens with zero attached hydrogens (tertiary/aromatic N) is 3. The monoisotopic (exact) mass is 398 g/mol. The van der Waals surface area contributed by atoms with Crippen molar-refractivity contribution < 1.29 is 4.79 Å². The molecule has 3 heterocycles. The van der Waals surface area contributed by atoms with Crippen LogP contribution in [-0.2, 0) is 4.79 Å². The molecule has 0 bridgehead atoms. The Balaban J connectivity index is 1.34. The van der Waals surface area contributed by atoms with Gasteiger partial charge < -0.3 is 5.32 Å². The molecule has 2 aliphatic heterocycles. The van der Waals surface area contributed by atoms with Crippen LogP contribution < -0.4 is 5.32 Å². The summed E-state index contributed by atoms with van der Waals surface area (Å²) in [5.74, 6) is 0.0415. The van der Waals surface area contributed by atoms with E-state index in [1.807, 2.05) is 5.38 Å². The van der Waals surface area contributed by atoms with Crippen LogP contribution in [0.5, 0.6) is 0 Å². The Kier molecular flexibility index (Phi) is 5.80. The van der Waals surface area contributed by atoms with Gasteiger partial charge in [-0.3, -0.25) is 14.6 Å². The number of carbonyl (C=O) groups excluding carboxylic acids is 1. The Bertz CT molecular complexity index is 856. The van der Waals surface area contributed by atoms with Crippen LogP contribution in [0.2, 0.25) is 0 Å². The second-order valence-corrected chi connectivity index (χ2v) is 9.12. The lowest BCUT2D eigenvalue weighted by molar-refractivity contribution is -0.117. The van der Waals surface area contributed by atoms with E-state index in [0.29, 0.717) is 17.7 Å². The van der Waals surface area contributed by atoms with Gasteiger partial charge >= 0.3 is 0 Å². The fourth-order valence-electron chi connectivity index (χ4n) is 4.41. The van der Waals surface area contributed by atoms with Gasteiger partial charge in [0.1, 0.15) is 0 Å². The predicted molar refractivity (Wildman–Crippen MR) is 116 cm³/mol. The standard InChI is InChI=1S/C22H30N4OS/c1-15-10-17(3)19(11-16(15)2)20-14-28-22(23-20)24-21(27)13-25-9-6-18(12-25)26-7-4-5-8-26/h10-11,14,18H,4-9,12-13H2,1-3H3,(H,23,24,27). The van der Waals surface area contributed by atoms with Gasteiger partial charge in [0.15, 0.2) is 5.13 Å². The van der Waals surface area contributed by atoms with Crippen LogP contribution in [0.3, 0.4) is 0 Å². The van der Waals surface area contributed by atoms with Crippen molar-refractivity contribution in [1.82, 2.24) is 14.8 Å². The van der Waals surface area contributed by atoms with Gasteiger partial charge in [-0.1, -0.05) is 6.07 Å². The number of hydrogen-bond donors (Lipinski definition) is 1. The van der Waals surface area contributed by atoms with Crippen LogP contribution in [0.4, 0.5) is 5.13 Å². The second-order valence-electron chi connectivity index (χ2n) is 8.26. The highest BCUT2D eigenvalue weighted by Gasteiger charge is 2.30. The lowest BCUT2D eigenvalue weighted by Crippen LogP contribution is -2.37. The van der Waals surface area contributed by atoms with Gasteiger partial charge in [-0.05, 0) is 75.9 Å². The van der Waals surface area contributed by atoms with Gasteiger partial charge in [0, 0.05) is 30.1 Å². The minimum atomic E-state index is 0.0415. The van der Waals surface area contributed by atoms with E-state index in [-0.39, 0.29) is 5.91 Å². The van der Waals surface area contributed by atoms with E-state index in [9.17, 15) is 4.79 Å². The zero-order valence-corrected chi connectivity index (χ0v) is 17.9. The molecule has 0 radical (unpaired) electrons. The Morgan fingerprint density at radius 2 is 1.89 bits per heavy atom. The van der Waals surface area contributed by atoms with Gasteiger partial charge in [-0.25, -0.2) is 4.98 Å². The molecule has 0 aliphatic carbocycles. The first-order chi connectivity index (χ1) is 13.5. The molecule has 2 saturated heterocycles. The number of anilines is 1. The SMILES string of the molecule is Cc1cc(C)c(-c2csc(NC(=O)CN3CCC(N4CCCC4)C3)n2)cc1C. The molecule has 1 unspecified atom stereocenters. The van der Waals surface area contributed by atoms with Gasteiger partial charge in [0.2, 0.25) is 5.91 Å². The van der Waals surface area contributed by atoms with Gasteiger partial charge in [-0.2, -0.15) is 0 Å². The summed E-state index contributed by atoms with van der Waals surface area (Å²) in [4.78, 5) is 22.0. The molecule has 1 N–H and O–H groups in total. The van der Waals surface area contributed by atoms with Crippen LogP contribution in [0.1, 0.15) is 36.0 Å². The number of aryl methyl sites for hydroxylation is 3. The zero-order chi connectivity index (χ0) is 19.7. The smallest absolute Gasteiger partial charge is 0.240 e. The largest absolute Gasteiger partial charge is 0.301 e. The second kappa shape index (κ2) is 8.31. The third kappa shape index (κ3) is 4.29. The van der Waals surface area contributed by atoms with Crippen molar-refractivity contribution in [3.05, 3.63) is 34.2 Å². The summed E-state index contributed by atoms with van der Waals surface area (Å²) >= 11 is 1.50. The number of aromatic nitrogens is 1. The number of thiazole rings is 1. The molecule has 2 aromatic rings. The predicted octanol–water partition coefficient (Wildman–Crippen LogP) is 3.84. The van der Waals surface area contributed by atoms with Crippen molar-refractivity contribution in [3.8, 4) is 11.3 Å². The van der Waals surface area contributed by atoms with Crippen LogP contribution in [0.15, 0.2) is 17.5 Å². The highest BCUT2D eigenvalue weighted by molar-refractivity contribution is 7.14. The molecule has 5 nitrogen and oxygen atoms in total. The fourth-order valence-corrected chi connectivity index (χ4v) is 5.14. The molecule has 2 fully saturated rings. The van der Waals surface area contributed by atoms with E-state index in [1.165, 1.54) is 60.4 Å². The van der Waals surface area contributed by atoms with Crippen LogP contribution in [0, 0.1) is 20.8 Å². The molecule has 28 heavy (non-hydrogen) atoms. The summed E-state index contributed by atoms with van der Waals surface area (Å²) in [6.45, 7) is 11.3. The molecule has 1 amide bonds. The molecular formula is C22H30N4OS. The Morgan fingerprint density at radius 1 is 1.14 bits per heavy atom. The number of rotatable bonds is 5. The minimum absolute atomic E-state index is 0.0415. The lowest BCUT2D eigenvalue weighted by atomic mass is 9.99. The summed E-state index contributed by atoms with van der Waals surface area (Å²) in [6.07, 6.45) is 3.83. The van der Waals surface area contributed by atoms with Crippen molar-refractivity contribution in [3.63, 3.8) is 0 Å². The topological polar surface area (TPSA) is 48.5 Å². The maximum Gasteiger partial charge on any atom is 0.240 e. The minimum Gasteiger partial charge on any atom is -0.301 e. The van der Waals surface area contributed by atoms with Crippen molar-refractivity contribution in [1.29, 1.82) is 0 Å². The number of carbonyl (C=O) groups is 1. The third-order valence-corrected chi connectivity index (χ3v) is 6.90. The molecular weight excluding hydrogens is 368 g/mol. The van der Waals surface area contributed by atoms with Crippen LogP contribution >= 0.6 is 11.3 Å². The summed E-state index contributed by atoms with van der Waals surface area (Å²) < 4.78 is 0.